The van der Waals surface area contributed by atoms with Crippen molar-refractivity contribution < 1.29 is 19.2 Å². The molecule has 7 rings (SSSR count). The van der Waals surface area contributed by atoms with Crippen LogP contribution in [0.2, 0.25) is 0 Å². The predicted molar refractivity (Wildman–Crippen MR) is 133 cm³/mol. The fraction of sp³-hybridized carbons (Fsp3) is 0.214. The van der Waals surface area contributed by atoms with Crippen LogP contribution in [0.25, 0.3) is 0 Å². The van der Waals surface area contributed by atoms with E-state index in [0.29, 0.717) is 11.3 Å². The van der Waals surface area contributed by atoms with E-state index in [2.05, 4.69) is 21.2 Å². The van der Waals surface area contributed by atoms with Crippen molar-refractivity contribution in [3.8, 4) is 0 Å². The summed E-state index contributed by atoms with van der Waals surface area (Å²) in [6.07, 6.45) is 0. The van der Waals surface area contributed by atoms with E-state index in [1.54, 1.807) is 24.3 Å². The van der Waals surface area contributed by atoms with Gasteiger partial charge in [0.25, 0.3) is 0 Å². The number of nitrogens with zero attached hydrogens (tertiary/aromatic N) is 1. The normalized spacial score (nSPS) is 25.7. The summed E-state index contributed by atoms with van der Waals surface area (Å²) in [7, 11) is 0. The highest BCUT2D eigenvalue weighted by molar-refractivity contribution is 9.09. The SMILES string of the molecule is CC(=O)c1ccc(NC(=O)CN2C(=O)[C@@H]3C4c5ccccc5C(Br)(c5ccccc54)[C@H]3C2=O)cc1. The third-order valence-corrected chi connectivity index (χ3v) is 8.83. The lowest BCUT2D eigenvalue weighted by Gasteiger charge is -2.51. The molecule has 1 N–H and O–H groups in total. The molecule has 6 nitrogen and oxygen atoms in total. The summed E-state index contributed by atoms with van der Waals surface area (Å²) in [5, 5.41) is 2.73. The second kappa shape index (κ2) is 7.71. The molecule has 2 atom stereocenters. The Morgan fingerprint density at radius 3 is 2.03 bits per heavy atom. The zero-order chi connectivity index (χ0) is 24.5. The van der Waals surface area contributed by atoms with Gasteiger partial charge in [0.05, 0.1) is 16.2 Å². The van der Waals surface area contributed by atoms with Crippen molar-refractivity contribution in [1.82, 2.24) is 4.90 Å². The van der Waals surface area contributed by atoms with Gasteiger partial charge < -0.3 is 5.32 Å². The smallest absolute Gasteiger partial charge is 0.244 e. The Morgan fingerprint density at radius 1 is 0.886 bits per heavy atom. The molecule has 0 spiro atoms. The molecule has 4 aliphatic rings. The molecule has 1 fully saturated rings. The van der Waals surface area contributed by atoms with Gasteiger partial charge in [0.2, 0.25) is 17.7 Å². The lowest BCUT2D eigenvalue weighted by molar-refractivity contribution is -0.142. The minimum atomic E-state index is -0.833. The first-order chi connectivity index (χ1) is 16.8. The average molecular weight is 529 g/mol. The Labute approximate surface area is 210 Å². The van der Waals surface area contributed by atoms with Crippen LogP contribution < -0.4 is 5.32 Å². The maximum absolute atomic E-state index is 13.7. The Balaban J connectivity index is 1.33. The lowest BCUT2D eigenvalue weighted by atomic mass is 9.55. The number of carbonyl (C=O) groups is 4. The van der Waals surface area contributed by atoms with Gasteiger partial charge >= 0.3 is 0 Å². The average Bonchev–Trinajstić information content (AvgIpc) is 3.11. The molecule has 1 saturated heterocycles. The Hall–Kier alpha value is -3.58. The molecule has 0 unspecified atom stereocenters. The summed E-state index contributed by atoms with van der Waals surface area (Å²) in [6.45, 7) is 1.11. The number of hydrogen-bond donors (Lipinski definition) is 1. The number of imide groups is 1. The first-order valence-electron chi connectivity index (χ1n) is 11.5. The number of benzene rings is 3. The summed E-state index contributed by atoms with van der Waals surface area (Å²) in [6, 6.07) is 22.4. The molecule has 3 aromatic carbocycles. The molecule has 7 heteroatoms. The number of hydrogen-bond acceptors (Lipinski definition) is 4. The second-order valence-electron chi connectivity index (χ2n) is 9.31. The topological polar surface area (TPSA) is 83.6 Å². The maximum atomic E-state index is 13.7. The number of halogens is 1. The van der Waals surface area contributed by atoms with Crippen LogP contribution in [0, 0.1) is 11.8 Å². The first kappa shape index (κ1) is 21.9. The van der Waals surface area contributed by atoms with Gasteiger partial charge in [0.1, 0.15) is 6.54 Å². The number of carbonyl (C=O) groups excluding carboxylic acids is 4. The van der Waals surface area contributed by atoms with E-state index in [0.717, 1.165) is 27.2 Å². The molecule has 2 bridgehead atoms. The van der Waals surface area contributed by atoms with Gasteiger partial charge in [0, 0.05) is 17.2 Å². The van der Waals surface area contributed by atoms with Crippen molar-refractivity contribution >= 4 is 45.1 Å². The molecule has 1 heterocycles. The molecule has 1 aliphatic heterocycles. The summed E-state index contributed by atoms with van der Waals surface area (Å²) in [5.74, 6) is -2.64. The fourth-order valence-corrected chi connectivity index (χ4v) is 7.23. The van der Waals surface area contributed by atoms with Crippen molar-refractivity contribution in [2.75, 3.05) is 11.9 Å². The number of alkyl halides is 1. The van der Waals surface area contributed by atoms with E-state index in [1.165, 1.54) is 6.92 Å². The number of amides is 3. The van der Waals surface area contributed by atoms with Gasteiger partial charge in [0.15, 0.2) is 5.78 Å². The fourth-order valence-electron chi connectivity index (χ4n) is 6.03. The number of rotatable bonds is 4. The van der Waals surface area contributed by atoms with E-state index in [4.69, 9.17) is 0 Å². The molecular weight excluding hydrogens is 508 g/mol. The molecule has 0 saturated carbocycles. The minimum absolute atomic E-state index is 0.0703. The summed E-state index contributed by atoms with van der Waals surface area (Å²) >= 11 is 3.94. The van der Waals surface area contributed by atoms with Crippen LogP contribution in [0.15, 0.2) is 72.8 Å². The van der Waals surface area contributed by atoms with Crippen molar-refractivity contribution in [2.24, 2.45) is 11.8 Å². The molecule has 3 amide bonds. The van der Waals surface area contributed by atoms with Crippen LogP contribution in [-0.2, 0) is 18.7 Å². The highest BCUT2D eigenvalue weighted by atomic mass is 79.9. The van der Waals surface area contributed by atoms with Gasteiger partial charge in [-0.05, 0) is 53.4 Å². The summed E-state index contributed by atoms with van der Waals surface area (Å²) in [4.78, 5) is 52.8. The number of likely N-dealkylation sites (tertiary alicyclic amines) is 1. The monoisotopic (exact) mass is 528 g/mol. The van der Waals surface area contributed by atoms with Crippen molar-refractivity contribution in [3.63, 3.8) is 0 Å². The van der Waals surface area contributed by atoms with E-state index in [9.17, 15) is 19.2 Å². The molecule has 35 heavy (non-hydrogen) atoms. The standard InChI is InChI=1S/C28H21BrN2O4/c1-15(32)16-10-12-17(13-11-16)30-22(33)14-31-26(34)24-23-18-6-2-4-8-20(18)28(29,25(24)27(31)35)21-9-5-3-7-19(21)23/h2-13,23-25H,14H2,1H3,(H,30,33)/t23?,24-,25-,28?/m1/s1. The molecule has 174 valence electrons. The van der Waals surface area contributed by atoms with E-state index >= 15 is 0 Å². The highest BCUT2D eigenvalue weighted by Gasteiger charge is 2.67. The van der Waals surface area contributed by atoms with Gasteiger partial charge in [-0.25, -0.2) is 0 Å². The minimum Gasteiger partial charge on any atom is -0.325 e. The van der Waals surface area contributed by atoms with E-state index in [1.807, 2.05) is 48.5 Å². The predicted octanol–water partition coefficient (Wildman–Crippen LogP) is 4.23. The number of Topliss-reactive ketones (excluding diaryl/α,β-unsaturated/α-hetero) is 1. The number of ketones is 1. The largest absolute Gasteiger partial charge is 0.325 e. The maximum Gasteiger partial charge on any atom is 0.244 e. The van der Waals surface area contributed by atoms with Gasteiger partial charge in [-0.2, -0.15) is 0 Å². The second-order valence-corrected chi connectivity index (χ2v) is 10.6. The summed E-state index contributed by atoms with van der Waals surface area (Å²) in [5.41, 5.74) is 5.12. The zero-order valence-electron chi connectivity index (χ0n) is 18.8. The molecule has 3 aromatic rings. The molecule has 0 aromatic heterocycles. The number of anilines is 1. The molecule has 0 radical (unpaired) electrons. The van der Waals surface area contributed by atoms with Crippen LogP contribution in [0.3, 0.4) is 0 Å². The Kier molecular flexibility index (Phi) is 4.83. The van der Waals surface area contributed by atoms with Crippen LogP contribution in [0.1, 0.15) is 45.5 Å². The van der Waals surface area contributed by atoms with Gasteiger partial charge in [-0.1, -0.05) is 64.5 Å². The van der Waals surface area contributed by atoms with Crippen LogP contribution in [0.5, 0.6) is 0 Å². The lowest BCUT2D eigenvalue weighted by Crippen LogP contribution is -2.50. The van der Waals surface area contributed by atoms with Crippen molar-refractivity contribution in [2.45, 2.75) is 17.2 Å². The van der Waals surface area contributed by atoms with E-state index < -0.39 is 22.1 Å². The van der Waals surface area contributed by atoms with Crippen LogP contribution in [0.4, 0.5) is 5.69 Å². The molecular formula is C28H21BrN2O4. The van der Waals surface area contributed by atoms with Crippen molar-refractivity contribution in [1.29, 1.82) is 0 Å². The first-order valence-corrected chi connectivity index (χ1v) is 12.3. The Bertz CT molecular complexity index is 1380. The van der Waals surface area contributed by atoms with Crippen LogP contribution in [-0.4, -0.2) is 34.9 Å². The zero-order valence-corrected chi connectivity index (χ0v) is 20.4. The van der Waals surface area contributed by atoms with Gasteiger partial charge in [-0.15, -0.1) is 0 Å². The summed E-state index contributed by atoms with van der Waals surface area (Å²) < 4.78 is -0.833. The van der Waals surface area contributed by atoms with Gasteiger partial charge in [-0.3, -0.25) is 24.1 Å². The third kappa shape index (κ3) is 3.01. The van der Waals surface area contributed by atoms with Crippen LogP contribution >= 0.6 is 15.9 Å². The quantitative estimate of drug-likeness (QED) is 0.312. The number of nitrogens with one attached hydrogen (secondary N) is 1. The molecule has 3 aliphatic carbocycles. The van der Waals surface area contributed by atoms with E-state index in [-0.39, 0.29) is 30.1 Å². The van der Waals surface area contributed by atoms with Crippen molar-refractivity contribution in [3.05, 3.63) is 101 Å². The third-order valence-electron chi connectivity index (χ3n) is 7.48. The Morgan fingerprint density at radius 2 is 1.46 bits per heavy atom. The highest BCUT2D eigenvalue weighted by Crippen LogP contribution is 2.66.